The van der Waals surface area contributed by atoms with Crippen LogP contribution in [0.25, 0.3) is 0 Å². The highest BCUT2D eigenvalue weighted by atomic mass is 35.5. The molecule has 1 heterocycles. The van der Waals surface area contributed by atoms with Crippen molar-refractivity contribution in [3.63, 3.8) is 0 Å². The van der Waals surface area contributed by atoms with Gasteiger partial charge in [-0.2, -0.15) is 26.3 Å². The zero-order valence-corrected chi connectivity index (χ0v) is 16.4. The molecular formula is C16H7Cl3F6N2O3. The van der Waals surface area contributed by atoms with Crippen LogP contribution < -0.4 is 5.32 Å². The lowest BCUT2D eigenvalue weighted by molar-refractivity contribution is -0.143. The van der Waals surface area contributed by atoms with Gasteiger partial charge >= 0.3 is 18.3 Å². The van der Waals surface area contributed by atoms with Crippen LogP contribution in [0.2, 0.25) is 15.1 Å². The van der Waals surface area contributed by atoms with Gasteiger partial charge in [-0.1, -0.05) is 34.8 Å². The molecule has 0 fully saturated rings. The Hall–Kier alpha value is -2.24. The van der Waals surface area contributed by atoms with Gasteiger partial charge in [0.05, 0.1) is 26.2 Å². The highest BCUT2D eigenvalue weighted by Gasteiger charge is 2.37. The number of amides is 1. The largest absolute Gasteiger partial charge is 0.451 e. The molecule has 1 aromatic heterocycles. The van der Waals surface area contributed by atoms with Gasteiger partial charge in [-0.25, -0.2) is 9.78 Å². The summed E-state index contributed by atoms with van der Waals surface area (Å²) in [7, 11) is 0. The summed E-state index contributed by atoms with van der Waals surface area (Å²) in [5.41, 5.74) is -4.56. The number of ether oxygens (including phenoxy) is 1. The Bertz CT molecular complexity index is 963. The molecule has 0 saturated heterocycles. The summed E-state index contributed by atoms with van der Waals surface area (Å²) in [5, 5.41) is 1.14. The molecule has 14 heteroatoms. The zero-order valence-electron chi connectivity index (χ0n) is 14.1. The van der Waals surface area contributed by atoms with E-state index in [1.54, 1.807) is 5.32 Å². The maximum atomic E-state index is 12.8. The number of alkyl halides is 6. The second kappa shape index (κ2) is 8.86. The van der Waals surface area contributed by atoms with Crippen LogP contribution in [-0.2, 0) is 21.9 Å². The molecule has 2 rings (SSSR count). The summed E-state index contributed by atoms with van der Waals surface area (Å²) in [4.78, 5) is 27.3. The SMILES string of the molecule is O=C(COC(=O)c1ncc(Cl)c(Cl)c1Cl)Nc1cc(C(F)(F)F)cc(C(F)(F)F)c1. The Kier molecular flexibility index (Phi) is 7.10. The van der Waals surface area contributed by atoms with Crippen LogP contribution in [0.5, 0.6) is 0 Å². The fourth-order valence-corrected chi connectivity index (χ4v) is 2.57. The molecule has 1 N–H and O–H groups in total. The fourth-order valence-electron chi connectivity index (χ4n) is 2.01. The molecule has 0 atom stereocenters. The fraction of sp³-hybridized carbons (Fsp3) is 0.188. The van der Waals surface area contributed by atoms with Crippen LogP contribution in [-0.4, -0.2) is 23.5 Å². The van der Waals surface area contributed by atoms with E-state index in [1.807, 2.05) is 0 Å². The van der Waals surface area contributed by atoms with Gasteiger partial charge in [-0.05, 0) is 18.2 Å². The summed E-state index contributed by atoms with van der Waals surface area (Å²) in [6, 6.07) is 0.492. The average Bonchev–Trinajstić information content (AvgIpc) is 2.62. The molecule has 0 aliphatic carbocycles. The van der Waals surface area contributed by atoms with Crippen molar-refractivity contribution in [1.29, 1.82) is 0 Å². The number of pyridine rings is 1. The smallest absolute Gasteiger partial charge is 0.416 e. The van der Waals surface area contributed by atoms with Gasteiger partial charge in [0.25, 0.3) is 5.91 Å². The van der Waals surface area contributed by atoms with Crippen molar-refractivity contribution in [3.8, 4) is 0 Å². The number of benzene rings is 1. The molecule has 5 nitrogen and oxygen atoms in total. The minimum Gasteiger partial charge on any atom is -0.451 e. The van der Waals surface area contributed by atoms with Crippen molar-refractivity contribution < 1.29 is 40.7 Å². The van der Waals surface area contributed by atoms with Gasteiger partial charge in [-0.3, -0.25) is 4.79 Å². The molecule has 1 amide bonds. The first-order chi connectivity index (χ1) is 13.7. The molecule has 162 valence electrons. The molecule has 30 heavy (non-hydrogen) atoms. The van der Waals surface area contributed by atoms with E-state index in [9.17, 15) is 35.9 Å². The van der Waals surface area contributed by atoms with Crippen LogP contribution in [0.3, 0.4) is 0 Å². The minimum atomic E-state index is -5.09. The summed E-state index contributed by atoms with van der Waals surface area (Å²) >= 11 is 17.1. The number of carbonyl (C=O) groups excluding carboxylic acids is 2. The molecule has 0 aliphatic rings. The number of esters is 1. The van der Waals surface area contributed by atoms with E-state index in [2.05, 4.69) is 9.72 Å². The Morgan fingerprint density at radius 2 is 1.47 bits per heavy atom. The molecule has 0 unspecified atom stereocenters. The van der Waals surface area contributed by atoms with E-state index in [0.717, 1.165) is 6.20 Å². The maximum Gasteiger partial charge on any atom is 0.416 e. The zero-order chi connectivity index (χ0) is 22.9. The number of rotatable bonds is 4. The van der Waals surface area contributed by atoms with E-state index in [4.69, 9.17) is 34.8 Å². The van der Waals surface area contributed by atoms with Gasteiger partial charge < -0.3 is 10.1 Å². The Morgan fingerprint density at radius 3 is 1.97 bits per heavy atom. The summed E-state index contributed by atoms with van der Waals surface area (Å²) in [6.45, 7) is -1.06. The van der Waals surface area contributed by atoms with Crippen LogP contribution in [0.4, 0.5) is 32.0 Å². The first-order valence-corrected chi connectivity index (χ1v) is 8.59. The van der Waals surface area contributed by atoms with Crippen molar-refractivity contribution in [2.24, 2.45) is 0 Å². The molecule has 0 saturated carbocycles. The minimum absolute atomic E-state index is 0.0685. The number of hydrogen-bond donors (Lipinski definition) is 1. The van der Waals surface area contributed by atoms with Crippen molar-refractivity contribution in [1.82, 2.24) is 4.98 Å². The van der Waals surface area contributed by atoms with E-state index < -0.39 is 53.3 Å². The molecule has 0 aliphatic heterocycles. The second-order valence-electron chi connectivity index (χ2n) is 5.50. The topological polar surface area (TPSA) is 68.3 Å². The molecule has 0 radical (unpaired) electrons. The van der Waals surface area contributed by atoms with Crippen LogP contribution >= 0.6 is 34.8 Å². The van der Waals surface area contributed by atoms with Gasteiger partial charge in [0.1, 0.15) is 0 Å². The second-order valence-corrected chi connectivity index (χ2v) is 6.66. The lowest BCUT2D eigenvalue weighted by Gasteiger charge is -2.15. The monoisotopic (exact) mass is 494 g/mol. The van der Waals surface area contributed by atoms with Crippen LogP contribution in [0, 0.1) is 0 Å². The number of anilines is 1. The van der Waals surface area contributed by atoms with Crippen molar-refractivity contribution in [2.45, 2.75) is 12.4 Å². The van der Waals surface area contributed by atoms with E-state index in [1.165, 1.54) is 0 Å². The Balaban J connectivity index is 2.15. The predicted octanol–water partition coefficient (Wildman–Crippen LogP) is 5.87. The first kappa shape index (κ1) is 24.0. The third kappa shape index (κ3) is 5.89. The van der Waals surface area contributed by atoms with Gasteiger partial charge in [0, 0.05) is 11.9 Å². The first-order valence-electron chi connectivity index (χ1n) is 7.46. The summed E-state index contributed by atoms with van der Waals surface area (Å²) in [5.74, 6) is -2.44. The van der Waals surface area contributed by atoms with Crippen molar-refractivity contribution in [2.75, 3.05) is 11.9 Å². The average molecular weight is 496 g/mol. The highest BCUT2D eigenvalue weighted by Crippen LogP contribution is 2.37. The number of halogens is 9. The van der Waals surface area contributed by atoms with E-state index in [-0.39, 0.29) is 21.1 Å². The van der Waals surface area contributed by atoms with Gasteiger partial charge in [0.15, 0.2) is 12.3 Å². The lowest BCUT2D eigenvalue weighted by Crippen LogP contribution is -2.22. The number of hydrogen-bond acceptors (Lipinski definition) is 4. The third-order valence-electron chi connectivity index (χ3n) is 3.32. The van der Waals surface area contributed by atoms with E-state index >= 15 is 0 Å². The molecular weight excluding hydrogens is 489 g/mol. The quantitative estimate of drug-likeness (QED) is 0.425. The van der Waals surface area contributed by atoms with Gasteiger partial charge in [0.2, 0.25) is 0 Å². The normalized spacial score (nSPS) is 11.9. The number of carbonyl (C=O) groups is 2. The van der Waals surface area contributed by atoms with Gasteiger partial charge in [-0.15, -0.1) is 0 Å². The third-order valence-corrected chi connectivity index (χ3v) is 4.56. The summed E-state index contributed by atoms with van der Waals surface area (Å²) in [6.07, 6.45) is -9.21. The number of nitrogens with zero attached hydrogens (tertiary/aromatic N) is 1. The van der Waals surface area contributed by atoms with Crippen LogP contribution in [0.15, 0.2) is 24.4 Å². The predicted molar refractivity (Wildman–Crippen MR) is 94.6 cm³/mol. The number of aromatic nitrogens is 1. The maximum absolute atomic E-state index is 12.8. The Labute approximate surface area is 178 Å². The van der Waals surface area contributed by atoms with Crippen molar-refractivity contribution >= 4 is 52.4 Å². The molecule has 0 spiro atoms. The van der Waals surface area contributed by atoms with Crippen molar-refractivity contribution in [3.05, 3.63) is 56.3 Å². The van der Waals surface area contributed by atoms with E-state index in [0.29, 0.717) is 12.1 Å². The number of nitrogens with one attached hydrogen (secondary N) is 1. The Morgan fingerprint density at radius 1 is 0.933 bits per heavy atom. The summed E-state index contributed by atoms with van der Waals surface area (Å²) < 4.78 is 81.5. The standard InChI is InChI=1S/C16H7Cl3F6N2O3/c17-9-4-26-13(12(19)11(9)18)14(29)30-5-10(28)27-8-2-6(15(20,21)22)1-7(3-8)16(23,24)25/h1-4H,5H2,(H,27,28). The molecule has 2 aromatic rings. The van der Waals surface area contributed by atoms with Crippen LogP contribution in [0.1, 0.15) is 21.6 Å². The lowest BCUT2D eigenvalue weighted by atomic mass is 10.1. The molecule has 0 bridgehead atoms. The molecule has 1 aromatic carbocycles. The highest BCUT2D eigenvalue weighted by molar-refractivity contribution is 6.48.